The summed E-state index contributed by atoms with van der Waals surface area (Å²) in [4.78, 5) is 4.15. The topological polar surface area (TPSA) is 70.3 Å². The fourth-order valence-electron chi connectivity index (χ4n) is 1.84. The molecule has 5 nitrogen and oxygen atoms in total. The Morgan fingerprint density at radius 3 is 2.65 bits per heavy atom. The Bertz CT molecular complexity index is 583. The van der Waals surface area contributed by atoms with Gasteiger partial charge in [-0.25, -0.2) is 4.98 Å². The molecule has 0 aliphatic heterocycles. The van der Waals surface area contributed by atoms with E-state index in [4.69, 9.17) is 5.11 Å². The van der Waals surface area contributed by atoms with Gasteiger partial charge in [0.15, 0.2) is 6.10 Å². The number of rotatable bonds is 5. The number of aliphatic hydroxyl groups excluding tert-OH is 2. The molecule has 2 rings (SSSR count). The summed E-state index contributed by atoms with van der Waals surface area (Å²) in [6, 6.07) is 6.68. The van der Waals surface area contributed by atoms with Crippen LogP contribution in [0.5, 0.6) is 0 Å². The van der Waals surface area contributed by atoms with E-state index in [1.54, 1.807) is 24.3 Å². The fourth-order valence-corrected chi connectivity index (χ4v) is 1.84. The van der Waals surface area contributed by atoms with Gasteiger partial charge in [0.1, 0.15) is 0 Å². The van der Waals surface area contributed by atoms with Crippen molar-refractivity contribution >= 4 is 17.0 Å². The number of aliphatic hydroxyl groups is 2. The molecule has 0 saturated heterocycles. The number of imidazole rings is 1. The van der Waals surface area contributed by atoms with Crippen LogP contribution in [0.4, 0.5) is 19.1 Å². The molecule has 110 valence electrons. The first-order valence-electron chi connectivity index (χ1n) is 5.98. The van der Waals surface area contributed by atoms with Crippen LogP contribution in [-0.2, 0) is 6.54 Å². The Hall–Kier alpha value is -1.80. The number of anilines is 1. The maximum absolute atomic E-state index is 12.5. The number of hydrogen-bond acceptors (Lipinski definition) is 4. The van der Waals surface area contributed by atoms with E-state index >= 15 is 0 Å². The molecule has 0 aliphatic carbocycles. The number of nitrogens with zero attached hydrogens (tertiary/aromatic N) is 2. The molecule has 8 heteroatoms. The molecule has 1 aromatic heterocycles. The predicted molar refractivity (Wildman–Crippen MR) is 67.4 cm³/mol. The highest BCUT2D eigenvalue weighted by Crippen LogP contribution is 2.25. The summed E-state index contributed by atoms with van der Waals surface area (Å²) in [5.74, 6) is 0.184. The third-order valence-electron chi connectivity index (χ3n) is 2.78. The quantitative estimate of drug-likeness (QED) is 0.777. The molecule has 1 heterocycles. The van der Waals surface area contributed by atoms with Crippen molar-refractivity contribution in [3.05, 3.63) is 24.3 Å². The van der Waals surface area contributed by atoms with Gasteiger partial charge in [-0.2, -0.15) is 13.2 Å². The molecule has 0 saturated carbocycles. The van der Waals surface area contributed by atoms with Crippen molar-refractivity contribution in [3.63, 3.8) is 0 Å². The minimum atomic E-state index is -4.69. The highest BCUT2D eigenvalue weighted by Gasteiger charge is 2.38. The second kappa shape index (κ2) is 5.68. The Balaban J connectivity index is 2.37. The normalized spacial score (nSPS) is 13.7. The van der Waals surface area contributed by atoms with Gasteiger partial charge in [0.05, 0.1) is 24.2 Å². The molecule has 2 aromatic rings. The van der Waals surface area contributed by atoms with Gasteiger partial charge in [0.2, 0.25) is 5.95 Å². The lowest BCUT2D eigenvalue weighted by molar-refractivity contribution is -0.207. The van der Waals surface area contributed by atoms with Crippen molar-refractivity contribution < 1.29 is 23.4 Å². The standard InChI is InChI=1S/C12H14F3N3O2/c13-12(14,15)10(20)7-18-9-4-2-1-3-8(9)17-11(18)16-5-6-19/h1-4,10,19-20H,5-7H2,(H,16,17)/t10-/m1/s1. The smallest absolute Gasteiger partial charge is 0.395 e. The minimum absolute atomic E-state index is 0.158. The maximum atomic E-state index is 12.5. The summed E-state index contributed by atoms with van der Waals surface area (Å²) in [7, 11) is 0. The first-order chi connectivity index (χ1) is 9.43. The first-order valence-corrected chi connectivity index (χ1v) is 5.98. The van der Waals surface area contributed by atoms with Crippen LogP contribution in [0.3, 0.4) is 0 Å². The van der Waals surface area contributed by atoms with E-state index in [2.05, 4.69) is 10.3 Å². The number of aromatic nitrogens is 2. The Morgan fingerprint density at radius 2 is 2.00 bits per heavy atom. The zero-order valence-corrected chi connectivity index (χ0v) is 10.4. The van der Waals surface area contributed by atoms with Crippen LogP contribution in [0.25, 0.3) is 11.0 Å². The summed E-state index contributed by atoms with van der Waals surface area (Å²) < 4.78 is 38.7. The number of hydrogen-bond donors (Lipinski definition) is 3. The van der Waals surface area contributed by atoms with E-state index in [0.29, 0.717) is 11.0 Å². The van der Waals surface area contributed by atoms with E-state index in [1.807, 2.05) is 0 Å². The lowest BCUT2D eigenvalue weighted by Gasteiger charge is -2.17. The van der Waals surface area contributed by atoms with E-state index in [1.165, 1.54) is 4.57 Å². The lowest BCUT2D eigenvalue weighted by atomic mass is 10.3. The van der Waals surface area contributed by atoms with Crippen LogP contribution >= 0.6 is 0 Å². The summed E-state index contributed by atoms with van der Waals surface area (Å²) in [6.45, 7) is -0.672. The second-order valence-electron chi connectivity index (χ2n) is 4.24. The van der Waals surface area contributed by atoms with Crippen molar-refractivity contribution in [2.75, 3.05) is 18.5 Å². The van der Waals surface area contributed by atoms with Gasteiger partial charge in [0.25, 0.3) is 0 Å². The summed E-state index contributed by atoms with van der Waals surface area (Å²) in [5.41, 5.74) is 0.999. The van der Waals surface area contributed by atoms with Crippen LogP contribution in [0.15, 0.2) is 24.3 Å². The van der Waals surface area contributed by atoms with E-state index in [-0.39, 0.29) is 19.1 Å². The van der Waals surface area contributed by atoms with Crippen molar-refractivity contribution in [2.24, 2.45) is 0 Å². The minimum Gasteiger partial charge on any atom is -0.395 e. The molecular formula is C12H14F3N3O2. The number of benzene rings is 1. The second-order valence-corrected chi connectivity index (χ2v) is 4.24. The Kier molecular flexibility index (Phi) is 4.15. The van der Waals surface area contributed by atoms with Gasteiger partial charge in [-0.15, -0.1) is 0 Å². The summed E-state index contributed by atoms with van der Waals surface area (Å²) >= 11 is 0. The SMILES string of the molecule is OCCNc1nc2ccccc2n1C[C@@H](O)C(F)(F)F. The average molecular weight is 289 g/mol. The van der Waals surface area contributed by atoms with Gasteiger partial charge >= 0.3 is 6.18 Å². The average Bonchev–Trinajstić information content (AvgIpc) is 2.73. The highest BCUT2D eigenvalue weighted by atomic mass is 19.4. The monoisotopic (exact) mass is 289 g/mol. The number of alkyl halides is 3. The molecule has 0 unspecified atom stereocenters. The summed E-state index contributed by atoms with van der Waals surface area (Å²) in [6.07, 6.45) is -7.17. The molecule has 0 spiro atoms. The van der Waals surface area contributed by atoms with Gasteiger partial charge < -0.3 is 20.1 Å². The zero-order chi connectivity index (χ0) is 14.8. The van der Waals surface area contributed by atoms with E-state index in [9.17, 15) is 18.3 Å². The van der Waals surface area contributed by atoms with Gasteiger partial charge in [-0.05, 0) is 12.1 Å². The molecule has 0 radical (unpaired) electrons. The van der Waals surface area contributed by atoms with Gasteiger partial charge in [0, 0.05) is 6.54 Å². The third kappa shape index (κ3) is 3.02. The van der Waals surface area contributed by atoms with Crippen LogP contribution < -0.4 is 5.32 Å². The van der Waals surface area contributed by atoms with Crippen molar-refractivity contribution in [1.29, 1.82) is 0 Å². The maximum Gasteiger partial charge on any atom is 0.416 e. The highest BCUT2D eigenvalue weighted by molar-refractivity contribution is 5.78. The molecule has 0 bridgehead atoms. The lowest BCUT2D eigenvalue weighted by Crippen LogP contribution is -2.33. The van der Waals surface area contributed by atoms with Crippen LogP contribution in [-0.4, -0.2) is 45.2 Å². The van der Waals surface area contributed by atoms with Crippen LogP contribution in [0.2, 0.25) is 0 Å². The number of halogens is 3. The zero-order valence-electron chi connectivity index (χ0n) is 10.4. The van der Waals surface area contributed by atoms with Crippen molar-refractivity contribution in [2.45, 2.75) is 18.8 Å². The molecule has 20 heavy (non-hydrogen) atoms. The molecular weight excluding hydrogens is 275 g/mol. The van der Waals surface area contributed by atoms with E-state index < -0.39 is 18.8 Å². The third-order valence-corrected chi connectivity index (χ3v) is 2.78. The van der Waals surface area contributed by atoms with Gasteiger partial charge in [-0.3, -0.25) is 0 Å². The fraction of sp³-hybridized carbons (Fsp3) is 0.417. The number of fused-ring (bicyclic) bond motifs is 1. The number of nitrogens with one attached hydrogen (secondary N) is 1. The molecule has 0 fully saturated rings. The number of para-hydroxylation sites is 2. The molecule has 1 aromatic carbocycles. The van der Waals surface area contributed by atoms with Crippen molar-refractivity contribution in [3.8, 4) is 0 Å². The van der Waals surface area contributed by atoms with Crippen molar-refractivity contribution in [1.82, 2.24) is 9.55 Å². The Morgan fingerprint density at radius 1 is 1.30 bits per heavy atom. The first kappa shape index (κ1) is 14.6. The molecule has 0 amide bonds. The molecule has 1 atom stereocenters. The van der Waals surface area contributed by atoms with Crippen LogP contribution in [0.1, 0.15) is 0 Å². The predicted octanol–water partition coefficient (Wildman–Crippen LogP) is 1.36. The van der Waals surface area contributed by atoms with Crippen LogP contribution in [0, 0.1) is 0 Å². The van der Waals surface area contributed by atoms with Gasteiger partial charge in [-0.1, -0.05) is 12.1 Å². The molecule has 3 N–H and O–H groups in total. The largest absolute Gasteiger partial charge is 0.416 e. The Labute approximate surface area is 112 Å². The summed E-state index contributed by atoms with van der Waals surface area (Å²) in [5, 5.41) is 20.7. The van der Waals surface area contributed by atoms with E-state index in [0.717, 1.165) is 0 Å². The molecule has 0 aliphatic rings.